The van der Waals surface area contributed by atoms with Gasteiger partial charge in [-0.2, -0.15) is 0 Å². The second-order valence-corrected chi connectivity index (χ2v) is 9.10. The van der Waals surface area contributed by atoms with Crippen molar-refractivity contribution in [3.8, 4) is 5.75 Å². The summed E-state index contributed by atoms with van der Waals surface area (Å²) in [5.41, 5.74) is 1.81. The molecule has 1 saturated heterocycles. The molecule has 1 fully saturated rings. The van der Waals surface area contributed by atoms with E-state index in [4.69, 9.17) is 4.74 Å². The highest BCUT2D eigenvalue weighted by Gasteiger charge is 2.32. The molecule has 0 aliphatic carbocycles. The van der Waals surface area contributed by atoms with Gasteiger partial charge in [0.05, 0.1) is 18.1 Å². The molecule has 1 unspecified atom stereocenters. The lowest BCUT2D eigenvalue weighted by Gasteiger charge is -2.33. The first kappa shape index (κ1) is 20.4. The van der Waals surface area contributed by atoms with Gasteiger partial charge in [0, 0.05) is 19.6 Å². The van der Waals surface area contributed by atoms with Gasteiger partial charge in [-0.05, 0) is 30.2 Å². The third kappa shape index (κ3) is 5.33. The first-order valence-corrected chi connectivity index (χ1v) is 11.3. The fourth-order valence-corrected chi connectivity index (χ4v) is 4.58. The molecular weight excluding hydrogens is 376 g/mol. The van der Waals surface area contributed by atoms with Crippen LogP contribution in [0.15, 0.2) is 54.6 Å². The third-order valence-electron chi connectivity index (χ3n) is 4.78. The molecule has 1 N–H and O–H groups in total. The fraction of sp³-hybridized carbons (Fsp3) is 0.381. The molecule has 2 aromatic rings. The fourth-order valence-electron chi connectivity index (χ4n) is 3.35. The van der Waals surface area contributed by atoms with Crippen molar-refractivity contribution in [2.75, 3.05) is 31.2 Å². The predicted octanol–water partition coefficient (Wildman–Crippen LogP) is 2.17. The van der Waals surface area contributed by atoms with Gasteiger partial charge < -0.3 is 10.1 Å². The lowest BCUT2D eigenvalue weighted by molar-refractivity contribution is -0.126. The van der Waals surface area contributed by atoms with Crippen LogP contribution >= 0.6 is 0 Å². The van der Waals surface area contributed by atoms with E-state index in [9.17, 15) is 13.2 Å². The minimum Gasteiger partial charge on any atom is -0.494 e. The largest absolute Gasteiger partial charge is 0.494 e. The molecule has 1 heterocycles. The quantitative estimate of drug-likeness (QED) is 0.768. The summed E-state index contributed by atoms with van der Waals surface area (Å²) in [6, 6.07) is 16.6. The molecule has 150 valence electrons. The van der Waals surface area contributed by atoms with E-state index in [2.05, 4.69) is 5.32 Å². The molecule has 0 radical (unpaired) electrons. The van der Waals surface area contributed by atoms with Gasteiger partial charge in [0.25, 0.3) is 0 Å². The number of carbonyl (C=O) groups excluding carboxylic acids is 1. The Morgan fingerprint density at radius 2 is 1.82 bits per heavy atom. The SMILES string of the molecule is CCOc1cccc(CNC(=O)C(c2ccccc2)N2CCS(=O)(=O)CC2)c1. The molecule has 1 aliphatic heterocycles. The van der Waals surface area contributed by atoms with E-state index in [0.717, 1.165) is 16.9 Å². The summed E-state index contributed by atoms with van der Waals surface area (Å²) in [4.78, 5) is 15.0. The van der Waals surface area contributed by atoms with Crippen LogP contribution in [0.4, 0.5) is 0 Å². The van der Waals surface area contributed by atoms with Crippen LogP contribution in [0.5, 0.6) is 5.75 Å². The Balaban J connectivity index is 1.73. The normalized spacial score (nSPS) is 17.6. The van der Waals surface area contributed by atoms with Crippen LogP contribution in [-0.2, 0) is 21.2 Å². The lowest BCUT2D eigenvalue weighted by atomic mass is 10.0. The van der Waals surface area contributed by atoms with Gasteiger partial charge in [0.2, 0.25) is 5.91 Å². The zero-order chi connectivity index (χ0) is 20.0. The number of ether oxygens (including phenoxy) is 1. The van der Waals surface area contributed by atoms with E-state index in [-0.39, 0.29) is 17.4 Å². The summed E-state index contributed by atoms with van der Waals surface area (Å²) in [6.45, 7) is 3.61. The van der Waals surface area contributed by atoms with E-state index in [0.29, 0.717) is 26.2 Å². The summed E-state index contributed by atoms with van der Waals surface area (Å²) in [5, 5.41) is 3.00. The van der Waals surface area contributed by atoms with Crippen molar-refractivity contribution in [3.05, 3.63) is 65.7 Å². The highest BCUT2D eigenvalue weighted by molar-refractivity contribution is 7.91. The van der Waals surface area contributed by atoms with Gasteiger partial charge in [-0.3, -0.25) is 9.69 Å². The van der Waals surface area contributed by atoms with Crippen LogP contribution in [0.25, 0.3) is 0 Å². The number of nitrogens with one attached hydrogen (secondary N) is 1. The molecule has 7 heteroatoms. The minimum absolute atomic E-state index is 0.0833. The van der Waals surface area contributed by atoms with Gasteiger partial charge in [-0.1, -0.05) is 42.5 Å². The number of amides is 1. The number of nitrogens with zero attached hydrogens (tertiary/aromatic N) is 1. The van der Waals surface area contributed by atoms with Gasteiger partial charge >= 0.3 is 0 Å². The van der Waals surface area contributed by atoms with E-state index >= 15 is 0 Å². The Hall–Kier alpha value is -2.38. The van der Waals surface area contributed by atoms with Crippen LogP contribution in [0, 0.1) is 0 Å². The summed E-state index contributed by atoms with van der Waals surface area (Å²) in [5.74, 6) is 0.808. The average molecular weight is 403 g/mol. The Labute approximate surface area is 166 Å². The topological polar surface area (TPSA) is 75.7 Å². The van der Waals surface area contributed by atoms with Crippen LogP contribution in [0.2, 0.25) is 0 Å². The standard InChI is InChI=1S/C21H26N2O4S/c1-2-27-19-10-6-7-17(15-19)16-22-21(24)20(18-8-4-3-5-9-18)23-11-13-28(25,26)14-12-23/h3-10,15,20H,2,11-14,16H2,1H3,(H,22,24). The highest BCUT2D eigenvalue weighted by atomic mass is 32.2. The Bertz CT molecular complexity index is 886. The number of sulfone groups is 1. The van der Waals surface area contributed by atoms with Crippen molar-refractivity contribution in [1.29, 1.82) is 0 Å². The Kier molecular flexibility index (Phi) is 6.70. The van der Waals surface area contributed by atoms with Crippen LogP contribution in [-0.4, -0.2) is 50.4 Å². The summed E-state index contributed by atoms with van der Waals surface area (Å²) < 4.78 is 29.1. The summed E-state index contributed by atoms with van der Waals surface area (Å²) in [7, 11) is -3.01. The molecule has 0 spiro atoms. The highest BCUT2D eigenvalue weighted by Crippen LogP contribution is 2.23. The lowest BCUT2D eigenvalue weighted by Crippen LogP contribution is -2.47. The molecule has 2 aromatic carbocycles. The van der Waals surface area contributed by atoms with Crippen molar-refractivity contribution >= 4 is 15.7 Å². The first-order valence-electron chi connectivity index (χ1n) is 9.47. The maximum Gasteiger partial charge on any atom is 0.242 e. The van der Waals surface area contributed by atoms with Crippen LogP contribution < -0.4 is 10.1 Å². The molecule has 0 saturated carbocycles. The second-order valence-electron chi connectivity index (χ2n) is 6.80. The molecule has 0 aromatic heterocycles. The van der Waals surface area contributed by atoms with E-state index in [1.54, 1.807) is 0 Å². The van der Waals surface area contributed by atoms with Crippen molar-refractivity contribution in [2.24, 2.45) is 0 Å². The Morgan fingerprint density at radius 1 is 1.11 bits per heavy atom. The number of benzene rings is 2. The van der Waals surface area contributed by atoms with E-state index in [1.165, 1.54) is 0 Å². The number of hydrogen-bond donors (Lipinski definition) is 1. The maximum atomic E-state index is 13.1. The number of hydrogen-bond acceptors (Lipinski definition) is 5. The van der Waals surface area contributed by atoms with E-state index in [1.807, 2.05) is 66.4 Å². The molecule has 1 amide bonds. The molecule has 6 nitrogen and oxygen atoms in total. The van der Waals surface area contributed by atoms with Crippen LogP contribution in [0.3, 0.4) is 0 Å². The van der Waals surface area contributed by atoms with E-state index < -0.39 is 15.9 Å². The van der Waals surface area contributed by atoms with Gasteiger partial charge in [0.15, 0.2) is 9.84 Å². The number of rotatable bonds is 7. The second kappa shape index (κ2) is 9.21. The van der Waals surface area contributed by atoms with Crippen LogP contribution in [0.1, 0.15) is 24.1 Å². The van der Waals surface area contributed by atoms with Crippen molar-refractivity contribution in [3.63, 3.8) is 0 Å². The van der Waals surface area contributed by atoms with Crippen molar-refractivity contribution in [2.45, 2.75) is 19.5 Å². The smallest absolute Gasteiger partial charge is 0.242 e. The molecule has 28 heavy (non-hydrogen) atoms. The summed E-state index contributed by atoms with van der Waals surface area (Å²) >= 11 is 0. The third-order valence-corrected chi connectivity index (χ3v) is 6.39. The monoisotopic (exact) mass is 402 g/mol. The molecule has 3 rings (SSSR count). The Morgan fingerprint density at radius 3 is 2.50 bits per heavy atom. The minimum atomic E-state index is -3.01. The van der Waals surface area contributed by atoms with Crippen molar-refractivity contribution in [1.82, 2.24) is 10.2 Å². The molecule has 1 atom stereocenters. The van der Waals surface area contributed by atoms with Gasteiger partial charge in [-0.25, -0.2) is 8.42 Å². The summed E-state index contributed by atoms with van der Waals surface area (Å²) in [6.07, 6.45) is 0. The van der Waals surface area contributed by atoms with Gasteiger partial charge in [0.1, 0.15) is 11.8 Å². The number of carbonyl (C=O) groups is 1. The van der Waals surface area contributed by atoms with Crippen molar-refractivity contribution < 1.29 is 17.9 Å². The maximum absolute atomic E-state index is 13.1. The zero-order valence-corrected chi connectivity index (χ0v) is 16.8. The molecule has 0 bridgehead atoms. The van der Waals surface area contributed by atoms with Gasteiger partial charge in [-0.15, -0.1) is 0 Å². The zero-order valence-electron chi connectivity index (χ0n) is 16.0. The predicted molar refractivity (Wildman–Crippen MR) is 109 cm³/mol. The molecule has 1 aliphatic rings. The average Bonchev–Trinajstić information content (AvgIpc) is 2.69. The molecular formula is C21H26N2O4S. The first-order chi connectivity index (χ1) is 13.5.